The van der Waals surface area contributed by atoms with Gasteiger partial charge in [0, 0.05) is 32.1 Å². The summed E-state index contributed by atoms with van der Waals surface area (Å²) in [5.74, 6) is 4.23. The van der Waals surface area contributed by atoms with Gasteiger partial charge in [-0.25, -0.2) is 0 Å². The highest BCUT2D eigenvalue weighted by atomic mass is 16.5. The summed E-state index contributed by atoms with van der Waals surface area (Å²) >= 11 is 0. The molecule has 0 spiro atoms. The maximum atomic E-state index is 12.8. The number of benzene rings is 1. The zero-order chi connectivity index (χ0) is 20.7. The number of carbonyl (C=O) groups is 1. The second kappa shape index (κ2) is 8.18. The van der Waals surface area contributed by atoms with Gasteiger partial charge in [-0.2, -0.15) is 0 Å². The summed E-state index contributed by atoms with van der Waals surface area (Å²) in [5.41, 5.74) is 1.77. The molecule has 0 aromatic heterocycles. The van der Waals surface area contributed by atoms with Crippen LogP contribution in [0.3, 0.4) is 0 Å². The Hall–Kier alpha value is -1.55. The van der Waals surface area contributed by atoms with Crippen molar-refractivity contribution in [1.29, 1.82) is 0 Å². The molecule has 1 amide bonds. The molecular weight excluding hydrogens is 372 g/mol. The molecule has 6 rings (SSSR count). The monoisotopic (exact) mass is 410 g/mol. The Labute approximate surface area is 182 Å². The van der Waals surface area contributed by atoms with E-state index in [1.807, 2.05) is 12.1 Å². The summed E-state index contributed by atoms with van der Waals surface area (Å²) in [7, 11) is 4.03. The van der Waals surface area contributed by atoms with Crippen LogP contribution in [0.4, 0.5) is 0 Å². The molecule has 4 bridgehead atoms. The molecule has 4 nitrogen and oxygen atoms in total. The van der Waals surface area contributed by atoms with Crippen molar-refractivity contribution in [3.8, 4) is 5.75 Å². The Morgan fingerprint density at radius 1 is 1.03 bits per heavy atom. The third kappa shape index (κ3) is 4.12. The third-order valence-corrected chi connectivity index (χ3v) is 8.68. The van der Waals surface area contributed by atoms with Gasteiger partial charge in [0.2, 0.25) is 5.91 Å². The van der Waals surface area contributed by atoms with Crippen LogP contribution in [0.1, 0.15) is 63.4 Å². The minimum atomic E-state index is 0.316. The van der Waals surface area contributed by atoms with Gasteiger partial charge in [0.15, 0.2) is 0 Å². The Balaban J connectivity index is 1.19. The van der Waals surface area contributed by atoms with Gasteiger partial charge in [-0.3, -0.25) is 4.79 Å². The van der Waals surface area contributed by atoms with E-state index in [9.17, 15) is 4.79 Å². The second-order valence-corrected chi connectivity index (χ2v) is 11.0. The highest BCUT2D eigenvalue weighted by Crippen LogP contribution is 2.60. The van der Waals surface area contributed by atoms with Gasteiger partial charge in [0.1, 0.15) is 5.75 Å². The summed E-state index contributed by atoms with van der Waals surface area (Å²) < 4.78 is 5.25. The van der Waals surface area contributed by atoms with Gasteiger partial charge >= 0.3 is 0 Å². The van der Waals surface area contributed by atoms with Crippen LogP contribution in [0.25, 0.3) is 0 Å². The second-order valence-electron chi connectivity index (χ2n) is 11.0. The lowest BCUT2D eigenvalue weighted by Gasteiger charge is -2.58. The first-order valence-corrected chi connectivity index (χ1v) is 12.1. The first kappa shape index (κ1) is 20.4. The van der Waals surface area contributed by atoms with E-state index in [0.29, 0.717) is 30.3 Å². The van der Waals surface area contributed by atoms with Crippen molar-refractivity contribution in [3.05, 3.63) is 29.8 Å². The average molecular weight is 411 g/mol. The van der Waals surface area contributed by atoms with Crippen molar-refractivity contribution in [2.75, 3.05) is 27.2 Å². The number of nitrogens with zero attached hydrogens (tertiary/aromatic N) is 2. The zero-order valence-corrected chi connectivity index (χ0v) is 18.8. The van der Waals surface area contributed by atoms with E-state index in [0.717, 1.165) is 42.9 Å². The van der Waals surface area contributed by atoms with Crippen molar-refractivity contribution < 1.29 is 9.53 Å². The van der Waals surface area contributed by atoms with E-state index in [-0.39, 0.29) is 0 Å². The minimum Gasteiger partial charge on any atom is -0.497 e. The fourth-order valence-electron chi connectivity index (χ4n) is 7.72. The molecule has 0 unspecified atom stereocenters. The summed E-state index contributed by atoms with van der Waals surface area (Å²) in [6.45, 7) is 2.85. The molecule has 5 fully saturated rings. The highest BCUT2D eigenvalue weighted by Gasteiger charge is 2.51. The number of amides is 1. The smallest absolute Gasteiger partial charge is 0.222 e. The van der Waals surface area contributed by atoms with Crippen molar-refractivity contribution in [1.82, 2.24) is 9.80 Å². The minimum absolute atomic E-state index is 0.316. The average Bonchev–Trinajstić information content (AvgIpc) is 2.89. The van der Waals surface area contributed by atoms with E-state index in [2.05, 4.69) is 29.0 Å². The van der Waals surface area contributed by atoms with E-state index in [1.165, 1.54) is 50.6 Å². The van der Waals surface area contributed by atoms with Crippen LogP contribution in [0.15, 0.2) is 24.3 Å². The molecule has 1 aromatic carbocycles. The van der Waals surface area contributed by atoms with Gasteiger partial charge in [-0.05, 0) is 99.3 Å². The van der Waals surface area contributed by atoms with E-state index in [1.54, 1.807) is 7.11 Å². The predicted molar refractivity (Wildman–Crippen MR) is 119 cm³/mol. The largest absolute Gasteiger partial charge is 0.497 e. The van der Waals surface area contributed by atoms with E-state index < -0.39 is 0 Å². The first-order chi connectivity index (χ1) is 14.5. The lowest BCUT2D eigenvalue weighted by molar-refractivity contribution is -0.131. The zero-order valence-electron chi connectivity index (χ0n) is 18.8. The van der Waals surface area contributed by atoms with E-state index >= 15 is 0 Å². The summed E-state index contributed by atoms with van der Waals surface area (Å²) in [5, 5.41) is 0. The standard InChI is InChI=1S/C26H38N2O2/c1-27(18-26-14-20-11-21(15-26)13-22(12-20)16-26)23-5-8-25(29)28(10-9-23)17-19-3-6-24(30-2)7-4-19/h3-4,6-7,20-23H,5,8-18H2,1-2H3/t20?,21?,22?,23-,26?/m0/s1. The fraction of sp³-hybridized carbons (Fsp3) is 0.731. The van der Waals surface area contributed by atoms with Gasteiger partial charge in [0.25, 0.3) is 0 Å². The molecule has 1 heterocycles. The first-order valence-electron chi connectivity index (χ1n) is 12.1. The van der Waals surface area contributed by atoms with Crippen LogP contribution in [0.2, 0.25) is 0 Å². The molecule has 1 aliphatic heterocycles. The molecular formula is C26H38N2O2. The third-order valence-electron chi connectivity index (χ3n) is 8.68. The summed E-state index contributed by atoms with van der Waals surface area (Å²) in [4.78, 5) is 17.5. The number of methoxy groups -OCH3 is 1. The van der Waals surface area contributed by atoms with Gasteiger partial charge in [-0.15, -0.1) is 0 Å². The molecule has 4 heteroatoms. The molecule has 1 aromatic rings. The van der Waals surface area contributed by atoms with E-state index in [4.69, 9.17) is 4.74 Å². The fourth-order valence-corrected chi connectivity index (χ4v) is 7.72. The number of hydrogen-bond acceptors (Lipinski definition) is 3. The molecule has 0 radical (unpaired) electrons. The normalized spacial score (nSPS) is 35.7. The van der Waals surface area contributed by atoms with Gasteiger partial charge in [-0.1, -0.05) is 12.1 Å². The van der Waals surface area contributed by atoms with Crippen LogP contribution >= 0.6 is 0 Å². The number of ether oxygens (including phenoxy) is 1. The van der Waals surface area contributed by atoms with Crippen LogP contribution in [0.5, 0.6) is 5.75 Å². The lowest BCUT2D eigenvalue weighted by Crippen LogP contribution is -2.52. The Kier molecular flexibility index (Phi) is 5.55. The molecule has 1 saturated heterocycles. The summed E-state index contributed by atoms with van der Waals surface area (Å²) in [6, 6.07) is 8.67. The molecule has 5 aliphatic rings. The van der Waals surface area contributed by atoms with Crippen LogP contribution < -0.4 is 4.74 Å². The molecule has 30 heavy (non-hydrogen) atoms. The Bertz CT molecular complexity index is 724. The molecule has 0 N–H and O–H groups in total. The van der Waals surface area contributed by atoms with Crippen molar-refractivity contribution >= 4 is 5.91 Å². The van der Waals surface area contributed by atoms with Crippen LogP contribution in [-0.4, -0.2) is 49.0 Å². The number of carbonyl (C=O) groups excluding carboxylic acids is 1. The molecule has 4 aliphatic carbocycles. The van der Waals surface area contributed by atoms with Gasteiger partial charge < -0.3 is 14.5 Å². The maximum absolute atomic E-state index is 12.8. The SMILES string of the molecule is COc1ccc(CN2CC[C@@H](N(C)CC34CC5CC(CC(C5)C3)C4)CCC2=O)cc1. The number of hydrogen-bond donors (Lipinski definition) is 0. The van der Waals surface area contributed by atoms with Crippen molar-refractivity contribution in [2.24, 2.45) is 23.2 Å². The predicted octanol–water partition coefficient (Wildman–Crippen LogP) is 4.72. The lowest BCUT2D eigenvalue weighted by atomic mass is 9.49. The van der Waals surface area contributed by atoms with Crippen molar-refractivity contribution in [3.63, 3.8) is 0 Å². The Morgan fingerprint density at radius 2 is 1.67 bits per heavy atom. The maximum Gasteiger partial charge on any atom is 0.222 e. The number of rotatable bonds is 6. The quantitative estimate of drug-likeness (QED) is 0.680. The molecule has 1 atom stereocenters. The molecule has 4 saturated carbocycles. The number of likely N-dealkylation sites (tertiary alicyclic amines) is 1. The van der Waals surface area contributed by atoms with Crippen molar-refractivity contribution in [2.45, 2.75) is 70.4 Å². The molecule has 164 valence electrons. The topological polar surface area (TPSA) is 32.8 Å². The van der Waals surface area contributed by atoms with Gasteiger partial charge in [0.05, 0.1) is 7.11 Å². The highest BCUT2D eigenvalue weighted by molar-refractivity contribution is 5.76. The van der Waals surface area contributed by atoms with Crippen LogP contribution in [-0.2, 0) is 11.3 Å². The summed E-state index contributed by atoms with van der Waals surface area (Å²) in [6.07, 6.45) is 11.8. The Morgan fingerprint density at radius 3 is 2.27 bits per heavy atom. The van der Waals surface area contributed by atoms with Crippen LogP contribution in [0, 0.1) is 23.2 Å².